The number of carbonyl (C=O) groups is 1. The van der Waals surface area contributed by atoms with Gasteiger partial charge in [-0.25, -0.2) is 0 Å². The molecule has 2 rings (SSSR count). The molecule has 1 radical (unpaired) electrons. The predicted molar refractivity (Wildman–Crippen MR) is 71.3 cm³/mol. The number of amides is 1. The van der Waals surface area contributed by atoms with Crippen LogP contribution in [0.2, 0.25) is 0 Å². The van der Waals surface area contributed by atoms with Gasteiger partial charge in [0.05, 0.1) is 5.56 Å². The molecular formula is C15H16NO2. The Hall–Kier alpha value is -2.03. The Morgan fingerprint density at radius 3 is 2.72 bits per heavy atom. The van der Waals surface area contributed by atoms with Crippen molar-refractivity contribution in [2.75, 3.05) is 6.54 Å². The summed E-state index contributed by atoms with van der Waals surface area (Å²) in [7, 11) is 0. The molecule has 0 fully saturated rings. The maximum Gasteiger partial charge on any atom is 0.255 e. The number of unbranched alkanes of at least 4 members (excludes halogenated alkanes) is 1. The molecule has 1 amide bonds. The van der Waals surface area contributed by atoms with Crippen molar-refractivity contribution in [3.8, 4) is 5.75 Å². The van der Waals surface area contributed by atoms with Gasteiger partial charge in [-0.3, -0.25) is 9.90 Å². The molecule has 18 heavy (non-hydrogen) atoms. The zero-order valence-electron chi connectivity index (χ0n) is 10.4. The fourth-order valence-corrected chi connectivity index (χ4v) is 1.90. The third-order valence-electron chi connectivity index (χ3n) is 2.94. The number of fused-ring (bicyclic) bond motifs is 1. The molecule has 0 aliphatic heterocycles. The van der Waals surface area contributed by atoms with Gasteiger partial charge in [0.1, 0.15) is 0 Å². The highest BCUT2D eigenvalue weighted by Crippen LogP contribution is 2.28. The second-order valence-electron chi connectivity index (χ2n) is 4.27. The SMILES string of the molecule is CCCCNC(=O)c1ccc2ccccc2c1[O]. The maximum absolute atomic E-state index is 12.1. The summed E-state index contributed by atoms with van der Waals surface area (Å²) in [6, 6.07) is 10.7. The summed E-state index contributed by atoms with van der Waals surface area (Å²) in [5.41, 5.74) is 0.227. The van der Waals surface area contributed by atoms with Crippen LogP contribution in [0.3, 0.4) is 0 Å². The lowest BCUT2D eigenvalue weighted by Crippen LogP contribution is -2.24. The summed E-state index contributed by atoms with van der Waals surface area (Å²) >= 11 is 0. The third kappa shape index (κ3) is 2.45. The Balaban J connectivity index is 2.28. The highest BCUT2D eigenvalue weighted by molar-refractivity contribution is 6.03. The second-order valence-corrected chi connectivity index (χ2v) is 4.27. The van der Waals surface area contributed by atoms with Crippen LogP contribution >= 0.6 is 0 Å². The van der Waals surface area contributed by atoms with Gasteiger partial charge in [0.25, 0.3) is 5.91 Å². The normalized spacial score (nSPS) is 10.5. The molecule has 0 saturated carbocycles. The van der Waals surface area contributed by atoms with Crippen LogP contribution in [0.1, 0.15) is 30.1 Å². The predicted octanol–water partition coefficient (Wildman–Crippen LogP) is 3.51. The Morgan fingerprint density at radius 2 is 1.94 bits per heavy atom. The fraction of sp³-hybridized carbons (Fsp3) is 0.267. The molecule has 0 aliphatic rings. The molecule has 3 nitrogen and oxygen atoms in total. The van der Waals surface area contributed by atoms with E-state index in [0.29, 0.717) is 11.9 Å². The van der Waals surface area contributed by atoms with Crippen LogP contribution in [-0.4, -0.2) is 12.5 Å². The van der Waals surface area contributed by atoms with Gasteiger partial charge in [0, 0.05) is 11.9 Å². The van der Waals surface area contributed by atoms with Gasteiger partial charge in [0.15, 0.2) is 5.75 Å². The molecule has 0 atom stereocenters. The minimum Gasteiger partial charge on any atom is -0.352 e. The van der Waals surface area contributed by atoms with E-state index in [4.69, 9.17) is 0 Å². The third-order valence-corrected chi connectivity index (χ3v) is 2.94. The van der Waals surface area contributed by atoms with E-state index < -0.39 is 0 Å². The molecule has 0 heterocycles. The zero-order chi connectivity index (χ0) is 13.0. The van der Waals surface area contributed by atoms with Crippen molar-refractivity contribution in [3.63, 3.8) is 0 Å². The van der Waals surface area contributed by atoms with E-state index in [1.807, 2.05) is 24.3 Å². The smallest absolute Gasteiger partial charge is 0.255 e. The molecule has 0 unspecified atom stereocenters. The first-order chi connectivity index (χ1) is 8.74. The number of rotatable bonds is 4. The van der Waals surface area contributed by atoms with E-state index in [1.165, 1.54) is 0 Å². The Bertz CT molecular complexity index is 563. The van der Waals surface area contributed by atoms with Gasteiger partial charge in [-0.2, -0.15) is 0 Å². The van der Waals surface area contributed by atoms with Crippen molar-refractivity contribution in [2.24, 2.45) is 0 Å². The monoisotopic (exact) mass is 242 g/mol. The quantitative estimate of drug-likeness (QED) is 0.819. The number of hydrogen-bond donors (Lipinski definition) is 1. The summed E-state index contributed by atoms with van der Waals surface area (Å²) in [6.45, 7) is 2.67. The van der Waals surface area contributed by atoms with Gasteiger partial charge in [0.2, 0.25) is 0 Å². The van der Waals surface area contributed by atoms with Gasteiger partial charge in [-0.1, -0.05) is 43.7 Å². The lowest BCUT2D eigenvalue weighted by molar-refractivity contribution is 0.0949. The Morgan fingerprint density at radius 1 is 1.17 bits per heavy atom. The molecule has 2 aromatic rings. The van der Waals surface area contributed by atoms with E-state index in [-0.39, 0.29) is 17.2 Å². The van der Waals surface area contributed by atoms with E-state index in [9.17, 15) is 9.90 Å². The summed E-state index contributed by atoms with van der Waals surface area (Å²) in [6.07, 6.45) is 1.94. The molecule has 0 aliphatic carbocycles. The minimum absolute atomic E-state index is 0.193. The molecule has 93 valence electrons. The highest BCUT2D eigenvalue weighted by Gasteiger charge is 2.14. The van der Waals surface area contributed by atoms with Crippen molar-refractivity contribution in [1.82, 2.24) is 5.32 Å². The standard InChI is InChI=1S/C15H16NO2/c1-2-3-10-16-15(18)13-9-8-11-6-4-5-7-12(11)14(13)17/h4-9H,2-3,10H2,1H3,(H,16,18). The lowest BCUT2D eigenvalue weighted by atomic mass is 10.0. The number of carbonyl (C=O) groups excluding carboxylic acids is 1. The maximum atomic E-state index is 12.1. The van der Waals surface area contributed by atoms with Gasteiger partial charge < -0.3 is 5.32 Å². The first kappa shape index (κ1) is 12.4. The zero-order valence-corrected chi connectivity index (χ0v) is 10.4. The van der Waals surface area contributed by atoms with Crippen LogP contribution in [0.15, 0.2) is 36.4 Å². The second kappa shape index (κ2) is 5.54. The molecule has 0 saturated heterocycles. The molecule has 0 bridgehead atoms. The molecular weight excluding hydrogens is 226 g/mol. The summed E-state index contributed by atoms with van der Waals surface area (Å²) < 4.78 is 0. The van der Waals surface area contributed by atoms with Crippen LogP contribution in [0, 0.1) is 0 Å². The summed E-state index contributed by atoms with van der Waals surface area (Å²) in [4.78, 5) is 11.9. The van der Waals surface area contributed by atoms with E-state index in [0.717, 1.165) is 18.2 Å². The Kier molecular flexibility index (Phi) is 3.82. The fourth-order valence-electron chi connectivity index (χ4n) is 1.90. The summed E-state index contributed by atoms with van der Waals surface area (Å²) in [5.74, 6) is -0.471. The molecule has 0 aromatic heterocycles. The number of nitrogens with one attached hydrogen (secondary N) is 1. The van der Waals surface area contributed by atoms with Gasteiger partial charge in [-0.05, 0) is 17.9 Å². The van der Waals surface area contributed by atoms with Gasteiger partial charge >= 0.3 is 0 Å². The molecule has 3 heteroatoms. The first-order valence-corrected chi connectivity index (χ1v) is 6.21. The van der Waals surface area contributed by atoms with Crippen LogP contribution in [-0.2, 0) is 5.11 Å². The topological polar surface area (TPSA) is 49.0 Å². The van der Waals surface area contributed by atoms with E-state index >= 15 is 0 Å². The van der Waals surface area contributed by atoms with Crippen molar-refractivity contribution in [2.45, 2.75) is 19.8 Å². The first-order valence-electron chi connectivity index (χ1n) is 6.21. The Labute approximate surface area is 106 Å². The lowest BCUT2D eigenvalue weighted by Gasteiger charge is -2.06. The van der Waals surface area contributed by atoms with Crippen molar-refractivity contribution in [3.05, 3.63) is 42.0 Å². The largest absolute Gasteiger partial charge is 0.352 e. The highest BCUT2D eigenvalue weighted by atomic mass is 16.3. The number of hydrogen-bond acceptors (Lipinski definition) is 1. The van der Waals surface area contributed by atoms with Crippen LogP contribution in [0.4, 0.5) is 0 Å². The van der Waals surface area contributed by atoms with E-state index in [1.54, 1.807) is 12.1 Å². The molecule has 1 N–H and O–H groups in total. The number of benzene rings is 2. The van der Waals surface area contributed by atoms with Gasteiger partial charge in [-0.15, -0.1) is 0 Å². The molecule has 0 spiro atoms. The average molecular weight is 242 g/mol. The van der Waals surface area contributed by atoms with Crippen molar-refractivity contribution < 1.29 is 9.90 Å². The average Bonchev–Trinajstić information content (AvgIpc) is 2.39. The van der Waals surface area contributed by atoms with Crippen molar-refractivity contribution >= 4 is 16.7 Å². The minimum atomic E-state index is -0.279. The van der Waals surface area contributed by atoms with Crippen LogP contribution in [0.25, 0.3) is 10.8 Å². The molecule has 2 aromatic carbocycles. The van der Waals surface area contributed by atoms with Crippen LogP contribution in [0.5, 0.6) is 5.75 Å². The van der Waals surface area contributed by atoms with Crippen molar-refractivity contribution in [1.29, 1.82) is 0 Å². The summed E-state index contributed by atoms with van der Waals surface area (Å²) in [5, 5.41) is 16.4. The van der Waals surface area contributed by atoms with Crippen LogP contribution < -0.4 is 5.32 Å². The van der Waals surface area contributed by atoms with E-state index in [2.05, 4.69) is 12.2 Å².